The molecule has 1 aromatic rings. The van der Waals surface area contributed by atoms with Gasteiger partial charge in [0.15, 0.2) is 15.0 Å². The first-order chi connectivity index (χ1) is 9.05. The van der Waals surface area contributed by atoms with E-state index in [1.54, 1.807) is 12.3 Å². The van der Waals surface area contributed by atoms with Crippen LogP contribution in [0.1, 0.15) is 5.56 Å². The summed E-state index contributed by atoms with van der Waals surface area (Å²) < 4.78 is 22.4. The summed E-state index contributed by atoms with van der Waals surface area (Å²) in [6, 6.07) is 9.51. The standard InChI is InChI=1S/C12H13N3O2S2/c13-12(18-11-6-7-19(16,17)9-11)15-14-8-10-4-2-1-3-5-10/h1-8,11H,9H2,(H2,13,15). The minimum absolute atomic E-state index is 0.0658. The van der Waals surface area contributed by atoms with E-state index in [4.69, 9.17) is 5.73 Å². The summed E-state index contributed by atoms with van der Waals surface area (Å²) in [4.78, 5) is 0. The van der Waals surface area contributed by atoms with Gasteiger partial charge in [0.25, 0.3) is 0 Å². The summed E-state index contributed by atoms with van der Waals surface area (Å²) in [7, 11) is -3.05. The van der Waals surface area contributed by atoms with Gasteiger partial charge in [-0.05, 0) is 5.56 Å². The van der Waals surface area contributed by atoms with Gasteiger partial charge in [0.2, 0.25) is 0 Å². The first-order valence-corrected chi connectivity index (χ1v) is 8.14. The number of hydrogen-bond acceptors (Lipinski definition) is 5. The van der Waals surface area contributed by atoms with E-state index >= 15 is 0 Å². The Kier molecular flexibility index (Phi) is 4.39. The predicted molar refractivity (Wildman–Crippen MR) is 80.0 cm³/mol. The molecule has 0 radical (unpaired) electrons. The quantitative estimate of drug-likeness (QED) is 0.518. The number of nitrogens with two attached hydrogens (primary N) is 1. The SMILES string of the molecule is NC(=NN=Cc1ccccc1)SC1C=CS(=O)(=O)C1. The molecule has 0 spiro atoms. The highest BCUT2D eigenvalue weighted by Crippen LogP contribution is 2.21. The second kappa shape index (κ2) is 6.03. The molecule has 1 unspecified atom stereocenters. The summed E-state index contributed by atoms with van der Waals surface area (Å²) in [5, 5.41) is 8.97. The zero-order chi connectivity index (χ0) is 13.7. The highest BCUT2D eigenvalue weighted by Gasteiger charge is 2.22. The predicted octanol–water partition coefficient (Wildman–Crippen LogP) is 1.38. The Labute approximate surface area is 116 Å². The highest BCUT2D eigenvalue weighted by molar-refractivity contribution is 8.15. The van der Waals surface area contributed by atoms with Crippen LogP contribution in [0.3, 0.4) is 0 Å². The molecule has 2 rings (SSSR count). The number of rotatable bonds is 3. The molecule has 2 N–H and O–H groups in total. The summed E-state index contributed by atoms with van der Waals surface area (Å²) in [5.74, 6) is 0.0658. The Balaban J connectivity index is 1.90. The van der Waals surface area contributed by atoms with Gasteiger partial charge in [-0.1, -0.05) is 48.2 Å². The Bertz CT molecular complexity index is 622. The van der Waals surface area contributed by atoms with Crippen LogP contribution < -0.4 is 5.73 Å². The fraction of sp³-hybridized carbons (Fsp3) is 0.167. The Hall–Kier alpha value is -1.60. The minimum atomic E-state index is -3.05. The molecule has 19 heavy (non-hydrogen) atoms. The lowest BCUT2D eigenvalue weighted by Crippen LogP contribution is -2.15. The first kappa shape index (κ1) is 13.8. The van der Waals surface area contributed by atoms with Gasteiger partial charge in [0.05, 0.1) is 12.0 Å². The third-order valence-electron chi connectivity index (χ3n) is 2.33. The maximum absolute atomic E-state index is 11.2. The number of benzene rings is 1. The minimum Gasteiger partial charge on any atom is -0.377 e. The average Bonchev–Trinajstić information content (AvgIpc) is 2.70. The van der Waals surface area contributed by atoms with Crippen LogP contribution in [0.4, 0.5) is 0 Å². The normalized spacial score (nSPS) is 22.1. The lowest BCUT2D eigenvalue weighted by Gasteiger charge is -2.03. The Morgan fingerprint density at radius 2 is 2.11 bits per heavy atom. The van der Waals surface area contributed by atoms with Crippen LogP contribution in [0.5, 0.6) is 0 Å². The Morgan fingerprint density at radius 3 is 2.74 bits per heavy atom. The number of hydrogen-bond donors (Lipinski definition) is 1. The summed E-state index contributed by atoms with van der Waals surface area (Å²) in [5.41, 5.74) is 6.60. The van der Waals surface area contributed by atoms with E-state index in [0.29, 0.717) is 0 Å². The third-order valence-corrected chi connectivity index (χ3v) is 4.89. The van der Waals surface area contributed by atoms with Crippen molar-refractivity contribution in [2.75, 3.05) is 5.75 Å². The third kappa shape index (κ3) is 4.53. The molecule has 7 heteroatoms. The maximum Gasteiger partial charge on any atom is 0.181 e. The van der Waals surface area contributed by atoms with Crippen LogP contribution >= 0.6 is 11.8 Å². The highest BCUT2D eigenvalue weighted by atomic mass is 32.2. The molecule has 0 saturated heterocycles. The molecule has 0 bridgehead atoms. The average molecular weight is 295 g/mol. The lowest BCUT2D eigenvalue weighted by atomic mass is 10.2. The summed E-state index contributed by atoms with van der Waals surface area (Å²) in [6.45, 7) is 0. The molecule has 1 aromatic carbocycles. The van der Waals surface area contributed by atoms with Crippen molar-refractivity contribution >= 4 is 33.0 Å². The molecular formula is C12H13N3O2S2. The van der Waals surface area contributed by atoms with Gasteiger partial charge < -0.3 is 5.73 Å². The molecule has 5 nitrogen and oxygen atoms in total. The number of nitrogens with zero attached hydrogens (tertiary/aromatic N) is 2. The molecule has 0 saturated carbocycles. The molecule has 1 aliphatic rings. The van der Waals surface area contributed by atoms with Crippen LogP contribution in [-0.2, 0) is 9.84 Å². The Morgan fingerprint density at radius 1 is 1.37 bits per heavy atom. The number of sulfone groups is 1. The van der Waals surface area contributed by atoms with Gasteiger partial charge in [-0.2, -0.15) is 5.10 Å². The van der Waals surface area contributed by atoms with Gasteiger partial charge in [0, 0.05) is 10.7 Å². The first-order valence-electron chi connectivity index (χ1n) is 5.54. The zero-order valence-corrected chi connectivity index (χ0v) is 11.6. The zero-order valence-electron chi connectivity index (χ0n) is 10.0. The molecular weight excluding hydrogens is 282 g/mol. The van der Waals surface area contributed by atoms with Crippen LogP contribution in [-0.4, -0.2) is 30.8 Å². The fourth-order valence-electron chi connectivity index (χ4n) is 1.49. The van der Waals surface area contributed by atoms with E-state index < -0.39 is 9.84 Å². The van der Waals surface area contributed by atoms with Crippen LogP contribution in [0.2, 0.25) is 0 Å². The van der Waals surface area contributed by atoms with E-state index in [2.05, 4.69) is 10.2 Å². The van der Waals surface area contributed by atoms with E-state index in [1.165, 1.54) is 17.2 Å². The molecule has 1 aliphatic heterocycles. The van der Waals surface area contributed by atoms with Gasteiger partial charge in [-0.3, -0.25) is 0 Å². The van der Waals surface area contributed by atoms with Crippen molar-refractivity contribution in [3.63, 3.8) is 0 Å². The van der Waals surface area contributed by atoms with Crippen molar-refractivity contribution in [1.29, 1.82) is 0 Å². The van der Waals surface area contributed by atoms with Crippen molar-refractivity contribution < 1.29 is 8.42 Å². The van der Waals surface area contributed by atoms with Crippen LogP contribution in [0.25, 0.3) is 0 Å². The van der Waals surface area contributed by atoms with E-state index in [9.17, 15) is 8.42 Å². The maximum atomic E-state index is 11.2. The summed E-state index contributed by atoms with van der Waals surface area (Å²) in [6.07, 6.45) is 3.21. The molecule has 1 heterocycles. The molecule has 1 atom stereocenters. The molecule has 0 fully saturated rings. The fourth-order valence-corrected chi connectivity index (χ4v) is 4.10. The van der Waals surface area contributed by atoms with Gasteiger partial charge >= 0.3 is 0 Å². The van der Waals surface area contributed by atoms with E-state index in [1.807, 2.05) is 30.3 Å². The lowest BCUT2D eigenvalue weighted by molar-refractivity contribution is 0.606. The monoisotopic (exact) mass is 295 g/mol. The van der Waals surface area contributed by atoms with Crippen molar-refractivity contribution in [3.05, 3.63) is 47.4 Å². The van der Waals surface area contributed by atoms with Crippen molar-refractivity contribution in [2.24, 2.45) is 15.9 Å². The topological polar surface area (TPSA) is 84.9 Å². The van der Waals surface area contributed by atoms with E-state index in [-0.39, 0.29) is 16.2 Å². The second-order valence-electron chi connectivity index (χ2n) is 3.91. The van der Waals surface area contributed by atoms with Gasteiger partial charge in [0.1, 0.15) is 0 Å². The van der Waals surface area contributed by atoms with Crippen molar-refractivity contribution in [1.82, 2.24) is 0 Å². The van der Waals surface area contributed by atoms with Crippen LogP contribution in [0, 0.1) is 0 Å². The second-order valence-corrected chi connectivity index (χ2v) is 7.10. The van der Waals surface area contributed by atoms with Gasteiger partial charge in [-0.25, -0.2) is 8.42 Å². The van der Waals surface area contributed by atoms with Crippen molar-refractivity contribution in [3.8, 4) is 0 Å². The molecule has 0 amide bonds. The molecule has 0 aromatic heterocycles. The largest absolute Gasteiger partial charge is 0.377 e. The number of amidine groups is 1. The number of thioether (sulfide) groups is 1. The summed E-state index contributed by atoms with van der Waals surface area (Å²) >= 11 is 1.19. The van der Waals surface area contributed by atoms with Crippen molar-refractivity contribution in [2.45, 2.75) is 5.25 Å². The van der Waals surface area contributed by atoms with E-state index in [0.717, 1.165) is 5.56 Å². The van der Waals surface area contributed by atoms with Gasteiger partial charge in [-0.15, -0.1) is 5.10 Å². The smallest absolute Gasteiger partial charge is 0.181 e. The molecule has 100 valence electrons. The van der Waals surface area contributed by atoms with Crippen LogP contribution in [0.15, 0.2) is 52.0 Å². The molecule has 0 aliphatic carbocycles.